The maximum absolute atomic E-state index is 14.1. The molecule has 5 nitrogen and oxygen atoms in total. The van der Waals surface area contributed by atoms with E-state index >= 15 is 0 Å². The summed E-state index contributed by atoms with van der Waals surface area (Å²) < 4.78 is 25.9. The second kappa shape index (κ2) is 10.4. The molecule has 4 rings (SSSR count). The van der Waals surface area contributed by atoms with Crippen LogP contribution in [0.15, 0.2) is 66.7 Å². The molecular formula is C27H29FN2O3. The predicted octanol–water partition coefficient (Wildman–Crippen LogP) is 5.07. The second-order valence-corrected chi connectivity index (χ2v) is 8.04. The third kappa shape index (κ3) is 5.28. The van der Waals surface area contributed by atoms with E-state index in [0.29, 0.717) is 56.4 Å². The molecule has 1 heterocycles. The molecule has 6 heteroatoms. The van der Waals surface area contributed by atoms with Gasteiger partial charge in [-0.25, -0.2) is 4.39 Å². The molecule has 0 saturated carbocycles. The number of ether oxygens (including phenoxy) is 2. The van der Waals surface area contributed by atoms with Crippen molar-refractivity contribution in [3.63, 3.8) is 0 Å². The fraction of sp³-hybridized carbons (Fsp3) is 0.296. The van der Waals surface area contributed by atoms with E-state index in [1.165, 1.54) is 6.07 Å². The van der Waals surface area contributed by atoms with Crippen molar-refractivity contribution in [3.05, 3.63) is 89.2 Å². The van der Waals surface area contributed by atoms with E-state index < -0.39 is 0 Å². The molecule has 3 aromatic carbocycles. The first-order valence-electron chi connectivity index (χ1n) is 11.3. The molecule has 0 spiro atoms. The molecule has 0 N–H and O–H groups in total. The van der Waals surface area contributed by atoms with Gasteiger partial charge in [-0.3, -0.25) is 4.79 Å². The van der Waals surface area contributed by atoms with Gasteiger partial charge in [-0.15, -0.1) is 0 Å². The molecule has 1 amide bonds. The van der Waals surface area contributed by atoms with Gasteiger partial charge in [0.25, 0.3) is 5.91 Å². The van der Waals surface area contributed by atoms with Crippen LogP contribution in [0.2, 0.25) is 0 Å². The lowest BCUT2D eigenvalue weighted by Gasteiger charge is -2.36. The van der Waals surface area contributed by atoms with Crippen molar-refractivity contribution < 1.29 is 18.7 Å². The number of halogens is 1. The van der Waals surface area contributed by atoms with Gasteiger partial charge >= 0.3 is 0 Å². The van der Waals surface area contributed by atoms with Crippen LogP contribution >= 0.6 is 0 Å². The lowest BCUT2D eigenvalue weighted by molar-refractivity contribution is 0.0746. The van der Waals surface area contributed by atoms with E-state index in [4.69, 9.17) is 9.47 Å². The van der Waals surface area contributed by atoms with E-state index in [1.807, 2.05) is 66.1 Å². The van der Waals surface area contributed by atoms with Crippen molar-refractivity contribution >= 4 is 11.6 Å². The van der Waals surface area contributed by atoms with Crippen LogP contribution in [0.5, 0.6) is 11.5 Å². The summed E-state index contributed by atoms with van der Waals surface area (Å²) in [6.45, 7) is 7.02. The number of aryl methyl sites for hydroxylation is 1. The highest BCUT2D eigenvalue weighted by Gasteiger charge is 2.24. The molecule has 0 aliphatic carbocycles. The van der Waals surface area contributed by atoms with E-state index in [-0.39, 0.29) is 11.7 Å². The predicted molar refractivity (Wildman–Crippen MR) is 128 cm³/mol. The van der Waals surface area contributed by atoms with Crippen LogP contribution in [0.1, 0.15) is 28.4 Å². The Hall–Kier alpha value is -3.54. The lowest BCUT2D eigenvalue weighted by atomic mass is 10.1. The standard InChI is InChI=1S/C27H29FN2O3/c1-3-32-26-13-12-21(18-22(26)19-33-25-11-7-4-8-20(25)2)27(31)30-16-14-29(15-17-30)24-10-6-5-9-23(24)28/h4-13,18H,3,14-17,19H2,1-2H3. The molecule has 0 aromatic heterocycles. The van der Waals surface area contributed by atoms with Crippen molar-refractivity contribution in [2.24, 2.45) is 0 Å². The number of piperazine rings is 1. The molecule has 0 radical (unpaired) electrons. The summed E-state index contributed by atoms with van der Waals surface area (Å²) in [4.78, 5) is 17.0. The van der Waals surface area contributed by atoms with Crippen molar-refractivity contribution in [2.75, 3.05) is 37.7 Å². The van der Waals surface area contributed by atoms with Gasteiger partial charge in [0, 0.05) is 37.3 Å². The normalized spacial score (nSPS) is 13.7. The highest BCUT2D eigenvalue weighted by Crippen LogP contribution is 2.26. The van der Waals surface area contributed by atoms with Crippen molar-refractivity contribution in [2.45, 2.75) is 20.5 Å². The van der Waals surface area contributed by atoms with Crippen molar-refractivity contribution in [1.29, 1.82) is 0 Å². The number of hydrogen-bond acceptors (Lipinski definition) is 4. The summed E-state index contributed by atoms with van der Waals surface area (Å²) >= 11 is 0. The number of amides is 1. The lowest BCUT2D eigenvalue weighted by Crippen LogP contribution is -2.49. The number of rotatable bonds is 7. The number of nitrogens with zero attached hydrogens (tertiary/aromatic N) is 2. The maximum atomic E-state index is 14.1. The van der Waals surface area contributed by atoms with Gasteiger partial charge in [-0.1, -0.05) is 30.3 Å². The highest BCUT2D eigenvalue weighted by atomic mass is 19.1. The van der Waals surface area contributed by atoms with E-state index in [9.17, 15) is 9.18 Å². The van der Waals surface area contributed by atoms with Gasteiger partial charge in [-0.2, -0.15) is 0 Å². The Morgan fingerprint density at radius 2 is 1.64 bits per heavy atom. The highest BCUT2D eigenvalue weighted by molar-refractivity contribution is 5.94. The van der Waals surface area contributed by atoms with E-state index in [2.05, 4.69) is 0 Å². The minimum absolute atomic E-state index is 0.0385. The first-order chi connectivity index (χ1) is 16.1. The van der Waals surface area contributed by atoms with E-state index in [0.717, 1.165) is 16.9 Å². The zero-order valence-corrected chi connectivity index (χ0v) is 19.1. The van der Waals surface area contributed by atoms with E-state index in [1.54, 1.807) is 18.2 Å². The third-order valence-corrected chi connectivity index (χ3v) is 5.84. The average molecular weight is 449 g/mol. The minimum Gasteiger partial charge on any atom is -0.493 e. The molecule has 0 bridgehead atoms. The monoisotopic (exact) mass is 448 g/mol. The Kier molecular flexibility index (Phi) is 7.13. The van der Waals surface area contributed by atoms with Crippen molar-refractivity contribution in [1.82, 2.24) is 4.90 Å². The first kappa shape index (κ1) is 22.6. The number of carbonyl (C=O) groups excluding carboxylic acids is 1. The fourth-order valence-corrected chi connectivity index (χ4v) is 4.04. The average Bonchev–Trinajstić information content (AvgIpc) is 2.84. The quantitative estimate of drug-likeness (QED) is 0.506. The van der Waals surface area contributed by atoms with Crippen LogP contribution < -0.4 is 14.4 Å². The van der Waals surface area contributed by atoms with Crippen LogP contribution in [0.4, 0.5) is 10.1 Å². The van der Waals surface area contributed by atoms with Crippen molar-refractivity contribution in [3.8, 4) is 11.5 Å². The summed E-state index contributed by atoms with van der Waals surface area (Å²) in [7, 11) is 0. The number of hydrogen-bond donors (Lipinski definition) is 0. The Morgan fingerprint density at radius 3 is 2.36 bits per heavy atom. The molecule has 1 fully saturated rings. The third-order valence-electron chi connectivity index (χ3n) is 5.84. The van der Waals surface area contributed by atoms with Crippen LogP contribution in [-0.2, 0) is 6.61 Å². The van der Waals surface area contributed by atoms with Crippen LogP contribution in [0.3, 0.4) is 0 Å². The molecule has 1 aliphatic rings. The second-order valence-electron chi connectivity index (χ2n) is 8.04. The largest absolute Gasteiger partial charge is 0.493 e. The topological polar surface area (TPSA) is 42.0 Å². The Bertz CT molecular complexity index is 1110. The van der Waals surface area contributed by atoms with Crippen LogP contribution in [-0.4, -0.2) is 43.6 Å². The SMILES string of the molecule is CCOc1ccc(C(=O)N2CCN(c3ccccc3F)CC2)cc1COc1ccccc1C. The Labute approximate surface area is 194 Å². The summed E-state index contributed by atoms with van der Waals surface area (Å²) in [5, 5.41) is 0. The molecule has 3 aromatic rings. The zero-order valence-electron chi connectivity index (χ0n) is 19.1. The van der Waals surface area contributed by atoms with Crippen LogP contribution in [0.25, 0.3) is 0 Å². The molecule has 172 valence electrons. The maximum Gasteiger partial charge on any atom is 0.253 e. The summed E-state index contributed by atoms with van der Waals surface area (Å²) in [5.41, 5.74) is 3.06. The molecule has 0 atom stereocenters. The van der Waals surface area contributed by atoms with Gasteiger partial charge in [0.05, 0.1) is 12.3 Å². The number of para-hydroxylation sites is 2. The van der Waals surface area contributed by atoms with Gasteiger partial charge in [0.15, 0.2) is 0 Å². The van der Waals surface area contributed by atoms with Gasteiger partial charge in [0.1, 0.15) is 23.9 Å². The number of anilines is 1. The Balaban J connectivity index is 1.46. The molecule has 0 unspecified atom stereocenters. The number of carbonyl (C=O) groups is 1. The van der Waals surface area contributed by atoms with Gasteiger partial charge < -0.3 is 19.3 Å². The summed E-state index contributed by atoms with van der Waals surface area (Å²) in [6, 6.07) is 20.1. The number of benzene rings is 3. The van der Waals surface area contributed by atoms with Gasteiger partial charge in [-0.05, 0) is 55.8 Å². The zero-order chi connectivity index (χ0) is 23.2. The Morgan fingerprint density at radius 1 is 0.909 bits per heavy atom. The summed E-state index contributed by atoms with van der Waals surface area (Å²) in [6.07, 6.45) is 0. The fourth-order valence-electron chi connectivity index (χ4n) is 4.04. The molecular weight excluding hydrogens is 419 g/mol. The smallest absolute Gasteiger partial charge is 0.253 e. The minimum atomic E-state index is -0.234. The van der Waals surface area contributed by atoms with Crippen LogP contribution in [0, 0.1) is 12.7 Å². The first-order valence-corrected chi connectivity index (χ1v) is 11.3. The van der Waals surface area contributed by atoms with Gasteiger partial charge in [0.2, 0.25) is 0 Å². The summed E-state index contributed by atoms with van der Waals surface area (Å²) in [5.74, 6) is 1.25. The molecule has 1 aliphatic heterocycles. The molecule has 1 saturated heterocycles. The molecule has 33 heavy (non-hydrogen) atoms.